The summed E-state index contributed by atoms with van der Waals surface area (Å²) in [4.78, 5) is 23.6. The van der Waals surface area contributed by atoms with Crippen molar-refractivity contribution in [2.75, 3.05) is 16.4 Å². The maximum absolute atomic E-state index is 12.3. The number of nitrogens with zero attached hydrogens (tertiary/aromatic N) is 3. The summed E-state index contributed by atoms with van der Waals surface area (Å²) in [6.45, 7) is 4.06. The van der Waals surface area contributed by atoms with Crippen molar-refractivity contribution >= 4 is 58.2 Å². The smallest absolute Gasteiger partial charge is 0.234 e. The van der Waals surface area contributed by atoms with Crippen LogP contribution in [0.3, 0.4) is 0 Å². The molecule has 0 aliphatic heterocycles. The van der Waals surface area contributed by atoms with Gasteiger partial charge in [-0.2, -0.15) is 0 Å². The van der Waals surface area contributed by atoms with Crippen LogP contribution in [0.1, 0.15) is 13.8 Å². The molecule has 1 heterocycles. The molecule has 0 spiro atoms. The molecular weight excluding hydrogens is 445 g/mol. The first-order valence-corrected chi connectivity index (χ1v) is 10.8. The molecule has 1 aromatic heterocycles. The van der Waals surface area contributed by atoms with Crippen molar-refractivity contribution in [3.8, 4) is 11.4 Å². The minimum absolute atomic E-state index is 0.146. The van der Waals surface area contributed by atoms with Gasteiger partial charge in [0.25, 0.3) is 0 Å². The summed E-state index contributed by atoms with van der Waals surface area (Å²) in [6, 6.07) is 12.2. The highest BCUT2D eigenvalue weighted by Crippen LogP contribution is 2.27. The number of anilines is 2. The van der Waals surface area contributed by atoms with Crippen LogP contribution < -0.4 is 10.6 Å². The van der Waals surface area contributed by atoms with Gasteiger partial charge < -0.3 is 15.2 Å². The van der Waals surface area contributed by atoms with E-state index in [0.717, 1.165) is 5.56 Å². The normalized spacial score (nSPS) is 10.7. The third-order valence-corrected chi connectivity index (χ3v) is 5.36. The minimum Gasteiger partial charge on any atom is -0.326 e. The highest BCUT2D eigenvalue weighted by Gasteiger charge is 2.15. The maximum atomic E-state index is 12.3. The Morgan fingerprint density at radius 3 is 2.43 bits per heavy atom. The van der Waals surface area contributed by atoms with Crippen LogP contribution in [0.15, 0.2) is 47.6 Å². The average Bonchev–Trinajstić information content (AvgIpc) is 3.08. The van der Waals surface area contributed by atoms with Gasteiger partial charge in [-0.15, -0.1) is 10.2 Å². The van der Waals surface area contributed by atoms with Gasteiger partial charge in [0.2, 0.25) is 11.8 Å². The highest BCUT2D eigenvalue weighted by molar-refractivity contribution is 7.99. The quantitative estimate of drug-likeness (QED) is 0.483. The second-order valence-corrected chi connectivity index (χ2v) is 8.12. The van der Waals surface area contributed by atoms with Gasteiger partial charge >= 0.3 is 0 Å². The van der Waals surface area contributed by atoms with Crippen LogP contribution in [-0.4, -0.2) is 32.3 Å². The number of thioether (sulfide) groups is 1. The molecule has 3 aromatic rings. The lowest BCUT2D eigenvalue weighted by molar-refractivity contribution is -0.114. The van der Waals surface area contributed by atoms with E-state index in [4.69, 9.17) is 23.2 Å². The number of benzene rings is 2. The Balaban J connectivity index is 1.71. The SMILES string of the molecule is CCn1c(SCC(=O)Nc2cc(Cl)cc(Cl)c2)nnc1-c1cccc(NC(C)=O)c1. The molecule has 156 valence electrons. The van der Waals surface area contributed by atoms with Gasteiger partial charge in [0.15, 0.2) is 11.0 Å². The third-order valence-electron chi connectivity index (χ3n) is 3.95. The van der Waals surface area contributed by atoms with Gasteiger partial charge in [0.05, 0.1) is 5.75 Å². The zero-order chi connectivity index (χ0) is 21.7. The van der Waals surface area contributed by atoms with Crippen LogP contribution >= 0.6 is 35.0 Å². The van der Waals surface area contributed by atoms with E-state index < -0.39 is 0 Å². The van der Waals surface area contributed by atoms with Crippen LogP contribution in [0, 0.1) is 0 Å². The minimum atomic E-state index is -0.210. The highest BCUT2D eigenvalue weighted by atomic mass is 35.5. The van der Waals surface area contributed by atoms with Crippen molar-refractivity contribution in [1.29, 1.82) is 0 Å². The molecule has 0 aliphatic rings. The molecular formula is C20H19Cl2N5O2S. The number of carbonyl (C=O) groups excluding carboxylic acids is 2. The number of nitrogens with one attached hydrogen (secondary N) is 2. The lowest BCUT2D eigenvalue weighted by atomic mass is 10.2. The first-order valence-electron chi connectivity index (χ1n) is 9.05. The van der Waals surface area contributed by atoms with E-state index >= 15 is 0 Å². The van der Waals surface area contributed by atoms with Gasteiger partial charge in [-0.1, -0.05) is 47.1 Å². The zero-order valence-electron chi connectivity index (χ0n) is 16.3. The Kier molecular flexibility index (Phi) is 7.36. The molecule has 0 saturated heterocycles. The van der Waals surface area contributed by atoms with E-state index in [2.05, 4.69) is 20.8 Å². The lowest BCUT2D eigenvalue weighted by Gasteiger charge is -2.09. The molecule has 7 nitrogen and oxygen atoms in total. The average molecular weight is 464 g/mol. The van der Waals surface area contributed by atoms with E-state index in [1.165, 1.54) is 18.7 Å². The third kappa shape index (κ3) is 5.75. The molecule has 0 atom stereocenters. The summed E-state index contributed by atoms with van der Waals surface area (Å²) in [5.74, 6) is 0.452. The summed E-state index contributed by atoms with van der Waals surface area (Å²) in [5.41, 5.74) is 2.03. The number of hydrogen-bond donors (Lipinski definition) is 2. The van der Waals surface area contributed by atoms with Crippen molar-refractivity contribution in [3.63, 3.8) is 0 Å². The van der Waals surface area contributed by atoms with E-state index in [-0.39, 0.29) is 17.6 Å². The first kappa shape index (κ1) is 22.1. The molecule has 0 saturated carbocycles. The second-order valence-electron chi connectivity index (χ2n) is 6.31. The van der Waals surface area contributed by atoms with Crippen LogP contribution in [0.2, 0.25) is 10.0 Å². The number of halogens is 2. The largest absolute Gasteiger partial charge is 0.326 e. The summed E-state index contributed by atoms with van der Waals surface area (Å²) in [6.07, 6.45) is 0. The number of amides is 2. The molecule has 0 aliphatic carbocycles. The van der Waals surface area contributed by atoms with Gasteiger partial charge in [-0.3, -0.25) is 9.59 Å². The molecule has 30 heavy (non-hydrogen) atoms. The lowest BCUT2D eigenvalue weighted by Crippen LogP contribution is -2.14. The fourth-order valence-electron chi connectivity index (χ4n) is 2.79. The summed E-state index contributed by atoms with van der Waals surface area (Å²) in [7, 11) is 0. The Labute approximate surface area is 188 Å². The summed E-state index contributed by atoms with van der Waals surface area (Å²) >= 11 is 13.2. The summed E-state index contributed by atoms with van der Waals surface area (Å²) in [5, 5.41) is 15.5. The van der Waals surface area contributed by atoms with E-state index in [1.807, 2.05) is 29.7 Å². The fourth-order valence-corrected chi connectivity index (χ4v) is 4.11. The van der Waals surface area contributed by atoms with Crippen molar-refractivity contribution in [1.82, 2.24) is 14.8 Å². The van der Waals surface area contributed by atoms with Gasteiger partial charge in [-0.25, -0.2) is 0 Å². The van der Waals surface area contributed by atoms with Gasteiger partial charge in [-0.05, 0) is 37.3 Å². The van der Waals surface area contributed by atoms with Gasteiger partial charge in [0, 0.05) is 40.5 Å². The maximum Gasteiger partial charge on any atom is 0.234 e. The summed E-state index contributed by atoms with van der Waals surface area (Å²) < 4.78 is 1.92. The molecule has 10 heteroatoms. The number of aromatic nitrogens is 3. The topological polar surface area (TPSA) is 88.9 Å². The Bertz CT molecular complexity index is 1070. The molecule has 0 unspecified atom stereocenters. The zero-order valence-corrected chi connectivity index (χ0v) is 18.6. The molecule has 2 aromatic carbocycles. The second kappa shape index (κ2) is 9.97. The van der Waals surface area contributed by atoms with Crippen LogP contribution in [-0.2, 0) is 16.1 Å². The number of carbonyl (C=O) groups is 2. The Morgan fingerprint density at radius 1 is 1.03 bits per heavy atom. The molecule has 2 amide bonds. The van der Waals surface area contributed by atoms with Crippen molar-refractivity contribution < 1.29 is 9.59 Å². The molecule has 0 fully saturated rings. The van der Waals surface area contributed by atoms with E-state index in [0.29, 0.717) is 38.9 Å². The Morgan fingerprint density at radius 2 is 1.77 bits per heavy atom. The van der Waals surface area contributed by atoms with E-state index in [1.54, 1.807) is 24.3 Å². The first-order chi connectivity index (χ1) is 14.4. The number of hydrogen-bond acceptors (Lipinski definition) is 5. The van der Waals surface area contributed by atoms with Crippen LogP contribution in [0.5, 0.6) is 0 Å². The standard InChI is InChI=1S/C20H19Cl2N5O2S/c1-3-27-19(13-5-4-6-16(7-13)23-12(2)28)25-26-20(27)30-11-18(29)24-17-9-14(21)8-15(22)10-17/h4-10H,3,11H2,1-2H3,(H,23,28)(H,24,29). The number of rotatable bonds is 7. The van der Waals surface area contributed by atoms with Crippen molar-refractivity contribution in [3.05, 3.63) is 52.5 Å². The molecule has 2 N–H and O–H groups in total. The fraction of sp³-hybridized carbons (Fsp3) is 0.200. The predicted molar refractivity (Wildman–Crippen MR) is 121 cm³/mol. The predicted octanol–water partition coefficient (Wildman–Crippen LogP) is 4.96. The van der Waals surface area contributed by atoms with Crippen LogP contribution in [0.4, 0.5) is 11.4 Å². The Hall–Kier alpha value is -2.55. The monoisotopic (exact) mass is 463 g/mol. The molecule has 0 radical (unpaired) electrons. The molecule has 0 bridgehead atoms. The molecule has 3 rings (SSSR count). The van der Waals surface area contributed by atoms with E-state index in [9.17, 15) is 9.59 Å². The van der Waals surface area contributed by atoms with Crippen molar-refractivity contribution in [2.24, 2.45) is 0 Å². The van der Waals surface area contributed by atoms with Crippen LogP contribution in [0.25, 0.3) is 11.4 Å². The van der Waals surface area contributed by atoms with Gasteiger partial charge in [0.1, 0.15) is 0 Å². The van der Waals surface area contributed by atoms with Crippen molar-refractivity contribution in [2.45, 2.75) is 25.5 Å².